The van der Waals surface area contributed by atoms with Crippen LogP contribution in [-0.4, -0.2) is 46.2 Å². The maximum atomic E-state index is 11.2. The van der Waals surface area contributed by atoms with E-state index in [9.17, 15) is 4.79 Å². The van der Waals surface area contributed by atoms with Crippen LogP contribution in [0.25, 0.3) is 0 Å². The lowest BCUT2D eigenvalue weighted by Crippen LogP contribution is -2.30. The molecular weight excluding hydrogens is 210 g/mol. The van der Waals surface area contributed by atoms with Gasteiger partial charge in [0.1, 0.15) is 0 Å². The molecule has 0 fully saturated rings. The second kappa shape index (κ2) is 8.35. The van der Waals surface area contributed by atoms with E-state index in [1.807, 2.05) is 20.8 Å². The van der Waals surface area contributed by atoms with Crippen LogP contribution >= 0.6 is 0 Å². The van der Waals surface area contributed by atoms with Gasteiger partial charge in [-0.15, -0.1) is 0 Å². The Morgan fingerprint density at radius 3 is 2.44 bits per heavy atom. The molecule has 0 atom stereocenters. The maximum Gasteiger partial charge on any atom is 0.407 e. The Balaban J connectivity index is 3.31. The van der Waals surface area contributed by atoms with E-state index in [0.717, 1.165) is 0 Å². The molecule has 0 aromatic heterocycles. The summed E-state index contributed by atoms with van der Waals surface area (Å²) in [5.41, 5.74) is -0.00763. The fourth-order valence-corrected chi connectivity index (χ4v) is 0.803. The van der Waals surface area contributed by atoms with Crippen LogP contribution in [0.2, 0.25) is 0 Å². The third kappa shape index (κ3) is 11.3. The second-order valence-corrected chi connectivity index (χ2v) is 4.67. The van der Waals surface area contributed by atoms with Crippen molar-refractivity contribution >= 4 is 6.09 Å². The second-order valence-electron chi connectivity index (χ2n) is 4.67. The third-order valence-electron chi connectivity index (χ3n) is 1.58. The first-order valence-corrected chi connectivity index (χ1v) is 5.43. The molecule has 0 bridgehead atoms. The number of methoxy groups -OCH3 is 1. The first-order chi connectivity index (χ1) is 7.45. The molecule has 0 unspecified atom stereocenters. The van der Waals surface area contributed by atoms with Gasteiger partial charge in [0, 0.05) is 13.7 Å². The van der Waals surface area contributed by atoms with E-state index in [1.54, 1.807) is 7.11 Å². The van der Waals surface area contributed by atoms with Crippen LogP contribution in [0.1, 0.15) is 20.8 Å². The van der Waals surface area contributed by atoms with E-state index in [4.69, 9.17) is 14.2 Å². The van der Waals surface area contributed by atoms with Crippen molar-refractivity contribution in [1.29, 1.82) is 0 Å². The zero-order chi connectivity index (χ0) is 12.4. The van der Waals surface area contributed by atoms with E-state index in [-0.39, 0.29) is 5.41 Å². The lowest BCUT2D eigenvalue weighted by atomic mass is 9.99. The molecule has 0 rings (SSSR count). The number of nitrogens with one attached hydrogen (secondary N) is 1. The lowest BCUT2D eigenvalue weighted by Gasteiger charge is -2.17. The summed E-state index contributed by atoms with van der Waals surface area (Å²) in [6.07, 6.45) is -0.398. The van der Waals surface area contributed by atoms with Crippen molar-refractivity contribution in [2.45, 2.75) is 20.8 Å². The summed E-state index contributed by atoms with van der Waals surface area (Å²) in [6, 6.07) is 0. The Hall–Kier alpha value is -0.810. The average molecular weight is 233 g/mol. The van der Waals surface area contributed by atoms with Crippen LogP contribution in [0.5, 0.6) is 0 Å². The van der Waals surface area contributed by atoms with Gasteiger partial charge in [-0.3, -0.25) is 0 Å². The highest BCUT2D eigenvalue weighted by atomic mass is 16.6. The monoisotopic (exact) mass is 233 g/mol. The fourth-order valence-electron chi connectivity index (χ4n) is 0.803. The smallest absolute Gasteiger partial charge is 0.407 e. The molecule has 0 spiro atoms. The lowest BCUT2D eigenvalue weighted by molar-refractivity contribution is 0.0684. The molecule has 5 heteroatoms. The molecule has 96 valence electrons. The molecule has 16 heavy (non-hydrogen) atoms. The van der Waals surface area contributed by atoms with Crippen LogP contribution in [0.15, 0.2) is 0 Å². The highest BCUT2D eigenvalue weighted by Crippen LogP contribution is 2.12. The van der Waals surface area contributed by atoms with E-state index >= 15 is 0 Å². The number of amides is 1. The number of carbonyl (C=O) groups excluding carboxylic acids is 1. The zero-order valence-corrected chi connectivity index (χ0v) is 10.7. The number of hydrogen-bond acceptors (Lipinski definition) is 4. The number of hydrogen-bond donors (Lipinski definition) is 1. The summed E-state index contributed by atoms with van der Waals surface area (Å²) >= 11 is 0. The van der Waals surface area contributed by atoms with Gasteiger partial charge >= 0.3 is 6.09 Å². The topological polar surface area (TPSA) is 56.8 Å². The number of ether oxygens (including phenoxy) is 3. The minimum absolute atomic E-state index is 0.00763. The first-order valence-electron chi connectivity index (χ1n) is 5.43. The van der Waals surface area contributed by atoms with Crippen molar-refractivity contribution in [1.82, 2.24) is 5.32 Å². The molecule has 0 saturated carbocycles. The Morgan fingerprint density at radius 1 is 1.19 bits per heavy atom. The molecule has 0 radical (unpaired) electrons. The van der Waals surface area contributed by atoms with Crippen molar-refractivity contribution in [3.05, 3.63) is 0 Å². The van der Waals surface area contributed by atoms with Gasteiger partial charge in [0.25, 0.3) is 0 Å². The van der Waals surface area contributed by atoms with Crippen molar-refractivity contribution in [2.24, 2.45) is 5.41 Å². The predicted molar refractivity (Wildman–Crippen MR) is 61.5 cm³/mol. The van der Waals surface area contributed by atoms with Gasteiger partial charge in [-0.1, -0.05) is 20.8 Å². The van der Waals surface area contributed by atoms with Crippen molar-refractivity contribution in [3.8, 4) is 0 Å². The molecule has 5 nitrogen and oxygen atoms in total. The third-order valence-corrected chi connectivity index (χ3v) is 1.58. The van der Waals surface area contributed by atoms with Crippen molar-refractivity contribution in [3.63, 3.8) is 0 Å². The highest BCUT2D eigenvalue weighted by Gasteiger charge is 2.13. The van der Waals surface area contributed by atoms with Crippen LogP contribution in [-0.2, 0) is 14.2 Å². The van der Waals surface area contributed by atoms with Gasteiger partial charge < -0.3 is 19.5 Å². The highest BCUT2D eigenvalue weighted by molar-refractivity contribution is 5.67. The summed E-state index contributed by atoms with van der Waals surface area (Å²) in [4.78, 5) is 11.2. The molecule has 1 amide bonds. The summed E-state index contributed by atoms with van der Waals surface area (Å²) in [6.45, 7) is 8.45. The van der Waals surface area contributed by atoms with Crippen LogP contribution in [0, 0.1) is 5.41 Å². The Morgan fingerprint density at radius 2 is 1.88 bits per heavy atom. The van der Waals surface area contributed by atoms with E-state index in [0.29, 0.717) is 33.0 Å². The summed E-state index contributed by atoms with van der Waals surface area (Å²) < 4.78 is 15.0. The normalized spacial score (nSPS) is 11.2. The molecule has 0 aliphatic carbocycles. The summed E-state index contributed by atoms with van der Waals surface area (Å²) in [5.74, 6) is 0. The van der Waals surface area contributed by atoms with Crippen LogP contribution in [0.3, 0.4) is 0 Å². The Labute approximate surface area is 97.4 Å². The number of carbonyl (C=O) groups is 1. The molecule has 0 aromatic rings. The minimum Gasteiger partial charge on any atom is -0.449 e. The molecule has 1 N–H and O–H groups in total. The molecule has 0 aliphatic heterocycles. The zero-order valence-electron chi connectivity index (χ0n) is 10.7. The van der Waals surface area contributed by atoms with Crippen molar-refractivity contribution in [2.75, 3.05) is 40.1 Å². The van der Waals surface area contributed by atoms with E-state index < -0.39 is 6.09 Å². The van der Waals surface area contributed by atoms with Crippen molar-refractivity contribution < 1.29 is 19.0 Å². The maximum absolute atomic E-state index is 11.2. The fraction of sp³-hybridized carbons (Fsp3) is 0.909. The predicted octanol–water partition coefficient (Wildman–Crippen LogP) is 1.42. The van der Waals surface area contributed by atoms with Gasteiger partial charge in [0.15, 0.2) is 0 Å². The number of rotatable bonds is 7. The molecule has 0 aromatic carbocycles. The quantitative estimate of drug-likeness (QED) is 0.676. The van der Waals surface area contributed by atoms with Gasteiger partial charge in [0.05, 0.1) is 26.4 Å². The van der Waals surface area contributed by atoms with E-state index in [1.165, 1.54) is 0 Å². The van der Waals surface area contributed by atoms with Gasteiger partial charge in [-0.2, -0.15) is 0 Å². The SMILES string of the molecule is COCCOCCNC(=O)OCC(C)(C)C. The minimum atomic E-state index is -0.398. The first kappa shape index (κ1) is 15.2. The largest absolute Gasteiger partial charge is 0.449 e. The molecule has 0 aliphatic rings. The Bertz CT molecular complexity index is 189. The van der Waals surface area contributed by atoms with E-state index in [2.05, 4.69) is 5.32 Å². The Kier molecular flexibility index (Phi) is 7.93. The van der Waals surface area contributed by atoms with Gasteiger partial charge in [-0.25, -0.2) is 4.79 Å². The van der Waals surface area contributed by atoms with Crippen LogP contribution < -0.4 is 5.32 Å². The molecule has 0 heterocycles. The standard InChI is InChI=1S/C11H23NO4/c1-11(2,3)9-16-10(13)12-5-6-15-8-7-14-4/h5-9H2,1-4H3,(H,12,13). The summed E-state index contributed by atoms with van der Waals surface area (Å²) in [7, 11) is 1.62. The molecular formula is C11H23NO4. The molecule has 0 saturated heterocycles. The van der Waals surface area contributed by atoms with Crippen LogP contribution in [0.4, 0.5) is 4.79 Å². The van der Waals surface area contributed by atoms with Gasteiger partial charge in [0.2, 0.25) is 0 Å². The average Bonchev–Trinajstić information content (AvgIpc) is 2.19. The number of alkyl carbamates (subject to hydrolysis) is 1. The van der Waals surface area contributed by atoms with Gasteiger partial charge in [-0.05, 0) is 5.41 Å². The summed E-state index contributed by atoms with van der Waals surface area (Å²) in [5, 5.41) is 2.61.